The molecule has 5 nitrogen and oxygen atoms in total. The molecule has 1 aliphatic rings. The van der Waals surface area contributed by atoms with E-state index >= 15 is 0 Å². The third kappa shape index (κ3) is 2.38. The highest BCUT2D eigenvalue weighted by Crippen LogP contribution is 2.32. The zero-order valence-electron chi connectivity index (χ0n) is 9.88. The SMILES string of the molecule is COC1(c2nc(C)c(I)c(=O)[nH]2)CCOCC1. The van der Waals surface area contributed by atoms with Crippen molar-refractivity contribution in [1.29, 1.82) is 0 Å². The molecule has 0 atom stereocenters. The van der Waals surface area contributed by atoms with Crippen LogP contribution in [-0.4, -0.2) is 30.3 Å². The molecule has 2 heterocycles. The molecule has 1 fully saturated rings. The topological polar surface area (TPSA) is 64.2 Å². The van der Waals surface area contributed by atoms with Gasteiger partial charge in [0.2, 0.25) is 0 Å². The number of rotatable bonds is 2. The number of aromatic amines is 1. The van der Waals surface area contributed by atoms with Crippen molar-refractivity contribution in [3.63, 3.8) is 0 Å². The molecular weight excluding hydrogens is 335 g/mol. The zero-order chi connectivity index (χ0) is 12.5. The monoisotopic (exact) mass is 350 g/mol. The van der Waals surface area contributed by atoms with Crippen LogP contribution in [0.25, 0.3) is 0 Å². The van der Waals surface area contributed by atoms with Gasteiger partial charge in [0.25, 0.3) is 5.56 Å². The van der Waals surface area contributed by atoms with E-state index in [9.17, 15) is 4.79 Å². The van der Waals surface area contributed by atoms with E-state index in [0.29, 0.717) is 35.4 Å². The van der Waals surface area contributed by atoms with Crippen LogP contribution in [-0.2, 0) is 15.1 Å². The molecule has 0 unspecified atom stereocenters. The van der Waals surface area contributed by atoms with Crippen LogP contribution in [0.3, 0.4) is 0 Å². The Labute approximate surface area is 113 Å². The van der Waals surface area contributed by atoms with Crippen molar-refractivity contribution in [3.8, 4) is 0 Å². The second kappa shape index (κ2) is 5.03. The molecule has 0 aliphatic carbocycles. The zero-order valence-corrected chi connectivity index (χ0v) is 12.0. The third-order valence-corrected chi connectivity index (χ3v) is 4.42. The molecule has 0 bridgehead atoms. The van der Waals surface area contributed by atoms with Crippen LogP contribution in [0.4, 0.5) is 0 Å². The van der Waals surface area contributed by atoms with E-state index in [1.807, 2.05) is 29.5 Å². The Balaban J connectivity index is 2.47. The third-order valence-electron chi connectivity index (χ3n) is 3.15. The first-order valence-electron chi connectivity index (χ1n) is 5.49. The van der Waals surface area contributed by atoms with Crippen molar-refractivity contribution in [3.05, 3.63) is 25.4 Å². The first kappa shape index (κ1) is 13.0. The van der Waals surface area contributed by atoms with Gasteiger partial charge in [-0.3, -0.25) is 4.79 Å². The van der Waals surface area contributed by atoms with Crippen molar-refractivity contribution in [2.45, 2.75) is 25.4 Å². The van der Waals surface area contributed by atoms with Gasteiger partial charge in [0, 0.05) is 33.2 Å². The first-order valence-corrected chi connectivity index (χ1v) is 6.57. The Morgan fingerprint density at radius 2 is 2.12 bits per heavy atom. The number of nitrogens with one attached hydrogen (secondary N) is 1. The van der Waals surface area contributed by atoms with Crippen LogP contribution < -0.4 is 5.56 Å². The van der Waals surface area contributed by atoms with Gasteiger partial charge in [-0.1, -0.05) is 0 Å². The second-order valence-corrected chi connectivity index (χ2v) is 5.20. The van der Waals surface area contributed by atoms with E-state index in [4.69, 9.17) is 9.47 Å². The molecule has 0 radical (unpaired) electrons. The fraction of sp³-hybridized carbons (Fsp3) is 0.636. The Morgan fingerprint density at radius 1 is 1.47 bits per heavy atom. The minimum absolute atomic E-state index is 0.101. The summed E-state index contributed by atoms with van der Waals surface area (Å²) in [6.45, 7) is 3.09. The van der Waals surface area contributed by atoms with Gasteiger partial charge in [-0.25, -0.2) is 4.98 Å². The molecule has 0 aromatic carbocycles. The predicted molar refractivity (Wildman–Crippen MR) is 71.1 cm³/mol. The standard InChI is InChI=1S/C11H15IN2O3/c1-7-8(12)9(15)14-10(13-7)11(16-2)3-5-17-6-4-11/h3-6H2,1-2H3,(H,13,14,15). The summed E-state index contributed by atoms with van der Waals surface area (Å²) in [5.41, 5.74) is 0.134. The van der Waals surface area contributed by atoms with Crippen molar-refractivity contribution in [2.75, 3.05) is 20.3 Å². The summed E-state index contributed by atoms with van der Waals surface area (Å²) in [5, 5.41) is 0. The highest BCUT2D eigenvalue weighted by molar-refractivity contribution is 14.1. The second-order valence-electron chi connectivity index (χ2n) is 4.12. The van der Waals surface area contributed by atoms with Crippen LogP contribution in [0.2, 0.25) is 0 Å². The lowest BCUT2D eigenvalue weighted by atomic mass is 9.93. The molecule has 2 rings (SSSR count). The molecular formula is C11H15IN2O3. The number of hydrogen-bond donors (Lipinski definition) is 1. The van der Waals surface area contributed by atoms with E-state index in [0.717, 1.165) is 5.69 Å². The average molecular weight is 350 g/mol. The highest BCUT2D eigenvalue weighted by atomic mass is 127. The van der Waals surface area contributed by atoms with Crippen molar-refractivity contribution < 1.29 is 9.47 Å². The number of hydrogen-bond acceptors (Lipinski definition) is 4. The van der Waals surface area contributed by atoms with E-state index in [2.05, 4.69) is 9.97 Å². The number of aryl methyl sites for hydroxylation is 1. The van der Waals surface area contributed by atoms with Gasteiger partial charge < -0.3 is 14.5 Å². The van der Waals surface area contributed by atoms with Crippen molar-refractivity contribution >= 4 is 22.6 Å². The summed E-state index contributed by atoms with van der Waals surface area (Å²) in [6, 6.07) is 0. The normalized spacial score (nSPS) is 19.2. The fourth-order valence-electron chi connectivity index (χ4n) is 2.03. The van der Waals surface area contributed by atoms with Crippen LogP contribution in [0, 0.1) is 10.5 Å². The van der Waals surface area contributed by atoms with Crippen LogP contribution in [0.1, 0.15) is 24.4 Å². The fourth-order valence-corrected chi connectivity index (χ4v) is 2.28. The summed E-state index contributed by atoms with van der Waals surface area (Å²) < 4.78 is 11.6. The van der Waals surface area contributed by atoms with E-state index in [-0.39, 0.29) is 5.56 Å². The maximum absolute atomic E-state index is 11.8. The number of methoxy groups -OCH3 is 1. The molecule has 1 N–H and O–H groups in total. The number of halogens is 1. The summed E-state index contributed by atoms with van der Waals surface area (Å²) in [7, 11) is 1.65. The van der Waals surface area contributed by atoms with Crippen molar-refractivity contribution in [2.24, 2.45) is 0 Å². The largest absolute Gasteiger partial charge is 0.381 e. The minimum Gasteiger partial charge on any atom is -0.381 e. The van der Waals surface area contributed by atoms with E-state index < -0.39 is 5.60 Å². The lowest BCUT2D eigenvalue weighted by molar-refractivity contribution is -0.100. The summed E-state index contributed by atoms with van der Waals surface area (Å²) in [4.78, 5) is 19.1. The van der Waals surface area contributed by atoms with Crippen LogP contribution >= 0.6 is 22.6 Å². The van der Waals surface area contributed by atoms with Gasteiger partial charge in [0.05, 0.1) is 9.26 Å². The molecule has 0 amide bonds. The van der Waals surface area contributed by atoms with E-state index in [1.165, 1.54) is 0 Å². The number of ether oxygens (including phenoxy) is 2. The van der Waals surface area contributed by atoms with Crippen LogP contribution in [0.5, 0.6) is 0 Å². The van der Waals surface area contributed by atoms with E-state index in [1.54, 1.807) is 7.11 Å². The first-order chi connectivity index (χ1) is 8.09. The molecule has 1 aromatic heterocycles. The van der Waals surface area contributed by atoms with Crippen molar-refractivity contribution in [1.82, 2.24) is 9.97 Å². The molecule has 1 aromatic rings. The van der Waals surface area contributed by atoms with Gasteiger partial charge >= 0.3 is 0 Å². The Kier molecular flexibility index (Phi) is 3.84. The molecule has 94 valence electrons. The molecule has 6 heteroatoms. The van der Waals surface area contributed by atoms with Gasteiger partial charge in [0.1, 0.15) is 11.4 Å². The molecule has 17 heavy (non-hydrogen) atoms. The number of aromatic nitrogens is 2. The average Bonchev–Trinajstić information content (AvgIpc) is 2.36. The van der Waals surface area contributed by atoms with Gasteiger partial charge in [-0.2, -0.15) is 0 Å². The Hall–Kier alpha value is -0.470. The van der Waals surface area contributed by atoms with Crippen LogP contribution in [0.15, 0.2) is 4.79 Å². The maximum atomic E-state index is 11.8. The lowest BCUT2D eigenvalue weighted by Crippen LogP contribution is -2.39. The summed E-state index contributed by atoms with van der Waals surface area (Å²) >= 11 is 2.00. The molecule has 0 spiro atoms. The van der Waals surface area contributed by atoms with Gasteiger partial charge in [-0.05, 0) is 29.5 Å². The molecule has 1 saturated heterocycles. The molecule has 1 aliphatic heterocycles. The van der Waals surface area contributed by atoms with Gasteiger partial charge in [-0.15, -0.1) is 0 Å². The molecule has 0 saturated carbocycles. The minimum atomic E-state index is -0.507. The summed E-state index contributed by atoms with van der Waals surface area (Å²) in [6.07, 6.45) is 1.43. The number of H-pyrrole nitrogens is 1. The quantitative estimate of drug-likeness (QED) is 0.818. The Bertz CT molecular complexity index is 466. The smallest absolute Gasteiger partial charge is 0.264 e. The predicted octanol–water partition coefficient (Wildman–Crippen LogP) is 1.34. The number of nitrogens with zero attached hydrogens (tertiary/aromatic N) is 1. The maximum Gasteiger partial charge on any atom is 0.264 e. The Morgan fingerprint density at radius 3 is 2.65 bits per heavy atom. The summed E-state index contributed by atoms with van der Waals surface area (Å²) in [5.74, 6) is 0.617. The lowest BCUT2D eigenvalue weighted by Gasteiger charge is -2.34. The van der Waals surface area contributed by atoms with Gasteiger partial charge in [0.15, 0.2) is 0 Å². The highest BCUT2D eigenvalue weighted by Gasteiger charge is 2.37.